The molecule has 0 bridgehead atoms. The number of urea groups is 1. The van der Waals surface area contributed by atoms with E-state index in [0.29, 0.717) is 23.1 Å². The van der Waals surface area contributed by atoms with Crippen LogP contribution >= 0.6 is 0 Å². The fraction of sp³-hybridized carbons (Fsp3) is 0.312. The molecule has 120 valence electrons. The number of carbonyl (C=O) groups is 1. The molecule has 0 radical (unpaired) electrons. The van der Waals surface area contributed by atoms with Gasteiger partial charge in [0.25, 0.3) is 0 Å². The van der Waals surface area contributed by atoms with Crippen LogP contribution in [-0.4, -0.2) is 36.2 Å². The van der Waals surface area contributed by atoms with Crippen molar-refractivity contribution in [2.45, 2.75) is 12.8 Å². The van der Waals surface area contributed by atoms with E-state index in [1.807, 2.05) is 12.1 Å². The summed E-state index contributed by atoms with van der Waals surface area (Å²) in [5.41, 5.74) is 1.20. The molecule has 1 aromatic carbocycles. The summed E-state index contributed by atoms with van der Waals surface area (Å²) in [5, 5.41) is 5.45. The number of nitrogens with one attached hydrogen (secondary N) is 2. The Labute approximate surface area is 134 Å². The van der Waals surface area contributed by atoms with Crippen molar-refractivity contribution in [1.29, 1.82) is 0 Å². The van der Waals surface area contributed by atoms with E-state index in [-0.39, 0.29) is 6.03 Å². The van der Waals surface area contributed by atoms with Crippen LogP contribution < -0.4 is 20.3 Å². The van der Waals surface area contributed by atoms with E-state index >= 15 is 0 Å². The molecule has 2 aromatic rings. The third-order valence-electron chi connectivity index (χ3n) is 3.61. The Bertz CT molecular complexity index is 668. The summed E-state index contributed by atoms with van der Waals surface area (Å²) in [5.74, 6) is 1.39. The van der Waals surface area contributed by atoms with E-state index in [9.17, 15) is 4.79 Å². The van der Waals surface area contributed by atoms with E-state index in [0.717, 1.165) is 13.1 Å². The average Bonchev–Trinajstić information content (AvgIpc) is 3.10. The van der Waals surface area contributed by atoms with Gasteiger partial charge in [0.1, 0.15) is 5.75 Å². The van der Waals surface area contributed by atoms with Crippen LogP contribution in [0.25, 0.3) is 0 Å². The van der Waals surface area contributed by atoms with Crippen LogP contribution in [0.1, 0.15) is 12.8 Å². The first kappa shape index (κ1) is 15.1. The third-order valence-corrected chi connectivity index (χ3v) is 3.61. The molecule has 0 saturated carbocycles. The zero-order valence-electron chi connectivity index (χ0n) is 13.0. The Kier molecular flexibility index (Phi) is 4.56. The fourth-order valence-electron chi connectivity index (χ4n) is 2.46. The highest BCUT2D eigenvalue weighted by molar-refractivity contribution is 5.99. The highest BCUT2D eigenvalue weighted by Crippen LogP contribution is 2.18. The standard InChI is InChI=1S/C16H19N5O2/c1-23-14-6-4-5-12(9-14)19-16(22)20-13-10-17-15(18-11-13)21-7-2-3-8-21/h4-6,9-11H,2-3,7-8H2,1H3,(H2,19,20,22). The number of hydrogen-bond donors (Lipinski definition) is 2. The highest BCUT2D eigenvalue weighted by Gasteiger charge is 2.14. The van der Waals surface area contributed by atoms with E-state index in [1.54, 1.807) is 31.6 Å². The zero-order chi connectivity index (χ0) is 16.1. The van der Waals surface area contributed by atoms with Crippen LogP contribution in [0.4, 0.5) is 22.1 Å². The first-order valence-corrected chi connectivity index (χ1v) is 7.53. The predicted molar refractivity (Wildman–Crippen MR) is 89.1 cm³/mol. The van der Waals surface area contributed by atoms with E-state index in [4.69, 9.17) is 4.74 Å². The number of carbonyl (C=O) groups excluding carboxylic acids is 1. The fourth-order valence-corrected chi connectivity index (χ4v) is 2.46. The molecule has 1 saturated heterocycles. The summed E-state index contributed by atoms with van der Waals surface area (Å²) in [7, 11) is 1.58. The van der Waals surface area contributed by atoms with Crippen LogP contribution in [0, 0.1) is 0 Å². The average molecular weight is 313 g/mol. The highest BCUT2D eigenvalue weighted by atomic mass is 16.5. The summed E-state index contributed by atoms with van der Waals surface area (Å²) in [6.07, 6.45) is 5.58. The largest absolute Gasteiger partial charge is 0.497 e. The van der Waals surface area contributed by atoms with E-state index < -0.39 is 0 Å². The van der Waals surface area contributed by atoms with Crippen LogP contribution in [0.2, 0.25) is 0 Å². The summed E-state index contributed by atoms with van der Waals surface area (Å²) >= 11 is 0. The summed E-state index contributed by atoms with van der Waals surface area (Å²) in [4.78, 5) is 22.7. The lowest BCUT2D eigenvalue weighted by Crippen LogP contribution is -2.22. The second kappa shape index (κ2) is 6.95. The minimum Gasteiger partial charge on any atom is -0.497 e. The SMILES string of the molecule is COc1cccc(NC(=O)Nc2cnc(N3CCCC3)nc2)c1. The second-order valence-electron chi connectivity index (χ2n) is 5.28. The molecule has 7 heteroatoms. The number of benzene rings is 1. The monoisotopic (exact) mass is 313 g/mol. The van der Waals surface area contributed by atoms with Crippen LogP contribution in [0.15, 0.2) is 36.7 Å². The number of amides is 2. The van der Waals surface area contributed by atoms with Gasteiger partial charge in [0.05, 0.1) is 25.2 Å². The minimum absolute atomic E-state index is 0.351. The lowest BCUT2D eigenvalue weighted by molar-refractivity contribution is 0.262. The van der Waals surface area contributed by atoms with Crippen molar-refractivity contribution in [3.8, 4) is 5.75 Å². The number of anilines is 3. The number of ether oxygens (including phenoxy) is 1. The maximum absolute atomic E-state index is 12.0. The molecule has 7 nitrogen and oxygen atoms in total. The Morgan fingerprint density at radius 1 is 1.13 bits per heavy atom. The Morgan fingerprint density at radius 3 is 2.52 bits per heavy atom. The van der Waals surface area contributed by atoms with Crippen molar-refractivity contribution in [3.05, 3.63) is 36.7 Å². The minimum atomic E-state index is -0.351. The van der Waals surface area contributed by atoms with Gasteiger partial charge >= 0.3 is 6.03 Å². The topological polar surface area (TPSA) is 79.4 Å². The molecule has 0 spiro atoms. The van der Waals surface area contributed by atoms with Crippen molar-refractivity contribution in [2.75, 3.05) is 35.7 Å². The second-order valence-corrected chi connectivity index (χ2v) is 5.28. The van der Waals surface area contributed by atoms with Crippen LogP contribution in [0.3, 0.4) is 0 Å². The molecule has 2 N–H and O–H groups in total. The number of rotatable bonds is 4. The van der Waals surface area contributed by atoms with Crippen LogP contribution in [-0.2, 0) is 0 Å². The predicted octanol–water partition coefficient (Wildman–Crippen LogP) is 2.73. The van der Waals surface area contributed by atoms with Gasteiger partial charge in [-0.1, -0.05) is 6.07 Å². The van der Waals surface area contributed by atoms with Gasteiger partial charge in [-0.2, -0.15) is 0 Å². The molecule has 3 rings (SSSR count). The van der Waals surface area contributed by atoms with Crippen molar-refractivity contribution in [1.82, 2.24) is 9.97 Å². The van der Waals surface area contributed by atoms with Gasteiger partial charge in [0.2, 0.25) is 5.95 Å². The number of hydrogen-bond acceptors (Lipinski definition) is 5. The van der Waals surface area contributed by atoms with Gasteiger partial charge < -0.3 is 20.3 Å². The quantitative estimate of drug-likeness (QED) is 0.907. The lowest BCUT2D eigenvalue weighted by atomic mass is 10.3. The summed E-state index contributed by atoms with van der Waals surface area (Å²) in [6.45, 7) is 1.98. The van der Waals surface area contributed by atoms with Gasteiger partial charge in [0.15, 0.2) is 0 Å². The Hall–Kier alpha value is -2.83. The van der Waals surface area contributed by atoms with Crippen molar-refractivity contribution >= 4 is 23.4 Å². The van der Waals surface area contributed by atoms with Gasteiger partial charge in [0, 0.05) is 24.8 Å². The molecule has 1 fully saturated rings. The molecular formula is C16H19N5O2. The molecule has 2 amide bonds. The molecule has 2 heterocycles. The maximum atomic E-state index is 12.0. The molecule has 1 aliphatic heterocycles. The zero-order valence-corrected chi connectivity index (χ0v) is 13.0. The Morgan fingerprint density at radius 2 is 1.83 bits per heavy atom. The molecule has 0 atom stereocenters. The smallest absolute Gasteiger partial charge is 0.323 e. The first-order chi connectivity index (χ1) is 11.2. The van der Waals surface area contributed by atoms with Crippen molar-refractivity contribution < 1.29 is 9.53 Å². The molecule has 1 aromatic heterocycles. The number of methoxy groups -OCH3 is 1. The molecule has 1 aliphatic rings. The molecule has 0 unspecified atom stereocenters. The van der Waals surface area contributed by atoms with Gasteiger partial charge in [-0.05, 0) is 25.0 Å². The Balaban J connectivity index is 1.58. The molecule has 0 aliphatic carbocycles. The van der Waals surface area contributed by atoms with Gasteiger partial charge in [-0.15, -0.1) is 0 Å². The normalized spacial score (nSPS) is 13.7. The number of aromatic nitrogens is 2. The maximum Gasteiger partial charge on any atom is 0.323 e. The first-order valence-electron chi connectivity index (χ1n) is 7.53. The van der Waals surface area contributed by atoms with Gasteiger partial charge in [-0.25, -0.2) is 14.8 Å². The molecular weight excluding hydrogens is 294 g/mol. The summed E-state index contributed by atoms with van der Waals surface area (Å²) < 4.78 is 5.12. The lowest BCUT2D eigenvalue weighted by Gasteiger charge is -2.15. The summed E-state index contributed by atoms with van der Waals surface area (Å²) in [6, 6.07) is 6.80. The molecule has 23 heavy (non-hydrogen) atoms. The van der Waals surface area contributed by atoms with Crippen LogP contribution in [0.5, 0.6) is 5.75 Å². The third kappa shape index (κ3) is 3.88. The van der Waals surface area contributed by atoms with E-state index in [1.165, 1.54) is 12.8 Å². The van der Waals surface area contributed by atoms with Crippen molar-refractivity contribution in [3.63, 3.8) is 0 Å². The van der Waals surface area contributed by atoms with Crippen molar-refractivity contribution in [2.24, 2.45) is 0 Å². The van der Waals surface area contributed by atoms with E-state index in [2.05, 4.69) is 25.5 Å². The number of nitrogens with zero attached hydrogens (tertiary/aromatic N) is 3. The van der Waals surface area contributed by atoms with Gasteiger partial charge in [-0.3, -0.25) is 0 Å².